The summed E-state index contributed by atoms with van der Waals surface area (Å²) in [4.78, 5) is 13.0. The second-order valence-corrected chi connectivity index (χ2v) is 11.4. The number of aryl methyl sites for hydroxylation is 3. The van der Waals surface area contributed by atoms with Crippen LogP contribution in [0.15, 0.2) is 87.5 Å². The number of aliphatic carboxylic acids is 1. The third-order valence-corrected chi connectivity index (χ3v) is 8.40. The van der Waals surface area contributed by atoms with Crippen molar-refractivity contribution in [3.63, 3.8) is 0 Å². The Bertz CT molecular complexity index is 953. The number of rotatable bonds is 12. The van der Waals surface area contributed by atoms with E-state index in [0.717, 1.165) is 0 Å². The van der Waals surface area contributed by atoms with E-state index in [4.69, 9.17) is 9.90 Å². The normalized spacial score (nSPS) is 11.2. The zero-order valence-corrected chi connectivity index (χ0v) is 23.5. The summed E-state index contributed by atoms with van der Waals surface area (Å²) in [5, 5.41) is 8.78. The first-order valence-electron chi connectivity index (χ1n) is 13.5. The number of hydrogen-bond donors (Lipinski definition) is 0. The van der Waals surface area contributed by atoms with Gasteiger partial charge in [0, 0.05) is 0 Å². The van der Waals surface area contributed by atoms with Crippen LogP contribution in [0, 0.1) is 0 Å². The lowest BCUT2D eigenvalue weighted by atomic mass is 10.1. The highest BCUT2D eigenvalue weighted by Crippen LogP contribution is 2.32. The van der Waals surface area contributed by atoms with Crippen LogP contribution in [0.1, 0.15) is 76.0 Å². The first-order chi connectivity index (χ1) is 18.2. The summed E-state index contributed by atoms with van der Waals surface area (Å²) in [6.45, 7) is 6.79. The maximum Gasteiger partial charge on any atom is 0.430 e. The van der Waals surface area contributed by atoms with Gasteiger partial charge in [-0.2, -0.15) is 13.2 Å². The molecule has 0 saturated carbocycles. The number of carboxylic acids is 1. The molecular formula is C32H39F3O2S. The van der Waals surface area contributed by atoms with Crippen molar-refractivity contribution in [1.29, 1.82) is 0 Å². The average molecular weight is 545 g/mol. The molecule has 0 heterocycles. The molecule has 0 aliphatic heterocycles. The van der Waals surface area contributed by atoms with Gasteiger partial charge in [0.25, 0.3) is 0 Å². The Morgan fingerprint density at radius 3 is 1.03 bits per heavy atom. The summed E-state index contributed by atoms with van der Waals surface area (Å²) in [6.07, 6.45) is 5.91. The minimum Gasteiger partial charge on any atom is -0.542 e. The summed E-state index contributed by atoms with van der Waals surface area (Å²) in [5.74, 6) is -3.01. The van der Waals surface area contributed by atoms with Gasteiger partial charge in [0.15, 0.2) is 14.7 Å². The number of benzene rings is 3. The van der Waals surface area contributed by atoms with E-state index in [-0.39, 0.29) is 10.9 Å². The highest BCUT2D eigenvalue weighted by atomic mass is 32.2. The van der Waals surface area contributed by atoms with Crippen molar-refractivity contribution in [2.45, 2.75) is 99.4 Å². The fraction of sp³-hybridized carbons (Fsp3) is 0.406. The van der Waals surface area contributed by atoms with Crippen molar-refractivity contribution in [3.05, 3.63) is 89.5 Å². The highest BCUT2D eigenvalue weighted by molar-refractivity contribution is 7.97. The fourth-order valence-corrected chi connectivity index (χ4v) is 5.97. The van der Waals surface area contributed by atoms with E-state index in [0.29, 0.717) is 0 Å². The molecule has 0 amide bonds. The Kier molecular flexibility index (Phi) is 13.5. The van der Waals surface area contributed by atoms with Crippen LogP contribution in [-0.4, -0.2) is 12.1 Å². The zero-order chi connectivity index (χ0) is 28.0. The van der Waals surface area contributed by atoms with E-state index >= 15 is 0 Å². The number of carboxylic acid groups (broad SMARTS) is 1. The molecule has 0 saturated heterocycles. The smallest absolute Gasteiger partial charge is 0.430 e. The molecule has 0 aromatic heterocycles. The Labute approximate surface area is 228 Å². The lowest BCUT2D eigenvalue weighted by molar-refractivity contribution is -0.344. The minimum absolute atomic E-state index is 0.0566. The van der Waals surface area contributed by atoms with Crippen LogP contribution in [-0.2, 0) is 35.0 Å². The number of carbonyl (C=O) groups is 1. The molecule has 0 aliphatic rings. The predicted molar refractivity (Wildman–Crippen MR) is 148 cm³/mol. The molecule has 0 spiro atoms. The van der Waals surface area contributed by atoms with Crippen LogP contribution in [0.3, 0.4) is 0 Å². The topological polar surface area (TPSA) is 40.1 Å². The molecular weight excluding hydrogens is 505 g/mol. The SMILES string of the molecule is CCCCc1ccc([S+](c2ccc(CCCC)cc2)c2ccc(CCCC)cc2)cc1.O=C([O-])C(F)(F)F. The number of carbonyl (C=O) groups excluding carboxylic acids is 1. The van der Waals surface area contributed by atoms with Crippen LogP contribution in [0.5, 0.6) is 0 Å². The molecule has 0 bridgehead atoms. The third kappa shape index (κ3) is 10.6. The molecule has 3 aromatic rings. The van der Waals surface area contributed by atoms with Gasteiger partial charge in [0.05, 0.1) is 10.9 Å². The molecule has 0 unspecified atom stereocenters. The maximum atomic E-state index is 10.5. The molecule has 3 aromatic carbocycles. The van der Waals surface area contributed by atoms with Gasteiger partial charge in [-0.3, -0.25) is 0 Å². The van der Waals surface area contributed by atoms with Crippen molar-refractivity contribution in [2.24, 2.45) is 0 Å². The van der Waals surface area contributed by atoms with Crippen molar-refractivity contribution in [1.82, 2.24) is 0 Å². The Balaban J connectivity index is 0.000000638. The number of halogens is 3. The Morgan fingerprint density at radius 1 is 0.605 bits per heavy atom. The Morgan fingerprint density at radius 2 is 0.842 bits per heavy atom. The monoisotopic (exact) mass is 544 g/mol. The van der Waals surface area contributed by atoms with Crippen molar-refractivity contribution in [3.8, 4) is 0 Å². The zero-order valence-electron chi connectivity index (χ0n) is 22.7. The van der Waals surface area contributed by atoms with Gasteiger partial charge in [-0.1, -0.05) is 76.4 Å². The predicted octanol–water partition coefficient (Wildman–Crippen LogP) is 8.11. The fourth-order valence-electron chi connectivity index (χ4n) is 3.93. The molecule has 6 heteroatoms. The van der Waals surface area contributed by atoms with E-state index in [1.165, 1.54) is 89.2 Å². The molecule has 2 nitrogen and oxygen atoms in total. The molecule has 206 valence electrons. The number of unbranched alkanes of at least 4 members (excludes halogenated alkanes) is 3. The van der Waals surface area contributed by atoms with Crippen LogP contribution in [0.25, 0.3) is 0 Å². The maximum absolute atomic E-state index is 10.5. The van der Waals surface area contributed by atoms with Gasteiger partial charge in [0.2, 0.25) is 0 Å². The first-order valence-corrected chi connectivity index (χ1v) is 14.7. The van der Waals surface area contributed by atoms with Gasteiger partial charge in [-0.25, -0.2) is 0 Å². The van der Waals surface area contributed by atoms with E-state index in [2.05, 4.69) is 93.6 Å². The number of hydrogen-bond acceptors (Lipinski definition) is 2. The Hall–Kier alpha value is -2.73. The molecule has 3 rings (SSSR count). The molecule has 38 heavy (non-hydrogen) atoms. The number of alkyl halides is 3. The van der Waals surface area contributed by atoms with Crippen LogP contribution < -0.4 is 5.11 Å². The van der Waals surface area contributed by atoms with E-state index in [9.17, 15) is 13.2 Å². The summed E-state index contributed by atoms with van der Waals surface area (Å²) >= 11 is 0. The molecule has 0 aliphatic carbocycles. The summed E-state index contributed by atoms with van der Waals surface area (Å²) in [5.41, 5.74) is 4.37. The van der Waals surface area contributed by atoms with Gasteiger partial charge in [-0.15, -0.1) is 0 Å². The van der Waals surface area contributed by atoms with E-state index < -0.39 is 12.1 Å². The largest absolute Gasteiger partial charge is 0.542 e. The van der Waals surface area contributed by atoms with Crippen molar-refractivity contribution < 1.29 is 23.1 Å². The molecule has 0 fully saturated rings. The van der Waals surface area contributed by atoms with Crippen LogP contribution in [0.4, 0.5) is 13.2 Å². The van der Waals surface area contributed by atoms with E-state index in [1.54, 1.807) is 0 Å². The lowest BCUT2D eigenvalue weighted by Gasteiger charge is -2.10. The minimum atomic E-state index is -5.19. The molecule has 0 N–H and O–H groups in total. The lowest BCUT2D eigenvalue weighted by Crippen LogP contribution is -2.37. The summed E-state index contributed by atoms with van der Waals surface area (Å²) < 4.78 is 31.5. The summed E-state index contributed by atoms with van der Waals surface area (Å²) in [6, 6.07) is 28.3. The van der Waals surface area contributed by atoms with Crippen LogP contribution in [0.2, 0.25) is 0 Å². The first kappa shape index (κ1) is 31.5. The van der Waals surface area contributed by atoms with Crippen molar-refractivity contribution >= 4 is 16.9 Å². The standard InChI is InChI=1S/C30H39S.C2HF3O2/c1-4-7-10-25-13-19-28(20-14-25)31(29-21-15-26(16-22-29)11-8-5-2)30-23-17-27(18-24-30)12-9-6-3;3-2(4,5)1(6)7/h13-24H,4-12H2,1-3H3;(H,6,7)/q+1;/p-1. The van der Waals surface area contributed by atoms with Gasteiger partial charge < -0.3 is 9.90 Å². The quantitative estimate of drug-likeness (QED) is 0.216. The second kappa shape index (κ2) is 16.3. The van der Waals surface area contributed by atoms with Crippen LogP contribution >= 0.6 is 0 Å². The third-order valence-electron chi connectivity index (χ3n) is 6.17. The molecule has 0 atom stereocenters. The van der Waals surface area contributed by atoms with E-state index in [1.807, 2.05) is 0 Å². The molecule has 0 radical (unpaired) electrons. The highest BCUT2D eigenvalue weighted by Gasteiger charge is 2.29. The van der Waals surface area contributed by atoms with Gasteiger partial charge in [0.1, 0.15) is 5.97 Å². The van der Waals surface area contributed by atoms with Crippen molar-refractivity contribution in [2.75, 3.05) is 0 Å². The van der Waals surface area contributed by atoms with Gasteiger partial charge in [-0.05, 0) is 91.6 Å². The summed E-state index contributed by atoms with van der Waals surface area (Å²) in [7, 11) is -0.0566. The average Bonchev–Trinajstić information content (AvgIpc) is 2.91. The van der Waals surface area contributed by atoms with Gasteiger partial charge >= 0.3 is 6.18 Å². The second-order valence-electron chi connectivity index (χ2n) is 9.33.